The molecule has 0 aliphatic carbocycles. The Hall–Kier alpha value is -3.64. The first-order valence-electron chi connectivity index (χ1n) is 9.31. The molecule has 0 N–H and O–H groups in total. The van der Waals surface area contributed by atoms with Gasteiger partial charge in [-0.1, -0.05) is 23.7 Å². The van der Waals surface area contributed by atoms with Crippen LogP contribution in [0.5, 0.6) is 11.5 Å². The number of fused-ring (bicyclic) bond motifs is 2. The van der Waals surface area contributed by atoms with Crippen LogP contribution in [0.3, 0.4) is 0 Å². The summed E-state index contributed by atoms with van der Waals surface area (Å²) in [6.45, 7) is 0. The van der Waals surface area contributed by atoms with E-state index in [1.165, 1.54) is 0 Å². The standard InChI is InChI=1S/C23H17ClN4O2/c1-29-17-11-16(12-18(13-17)30-2)28-22(14-7-9-15(24)10-8-14)27-21-23(28)26-20-6-4-3-5-19(20)25-21/h3-13H,1-2H3. The van der Waals surface area contributed by atoms with Gasteiger partial charge in [-0.05, 0) is 36.4 Å². The van der Waals surface area contributed by atoms with Gasteiger partial charge in [-0.3, -0.25) is 4.57 Å². The molecule has 0 bridgehead atoms. The fraction of sp³-hybridized carbons (Fsp3) is 0.0870. The fourth-order valence-electron chi connectivity index (χ4n) is 3.42. The van der Waals surface area contributed by atoms with Gasteiger partial charge in [0, 0.05) is 28.8 Å². The van der Waals surface area contributed by atoms with E-state index in [2.05, 4.69) is 0 Å². The topological polar surface area (TPSA) is 62.1 Å². The summed E-state index contributed by atoms with van der Waals surface area (Å²) in [5, 5.41) is 0.659. The van der Waals surface area contributed by atoms with Gasteiger partial charge in [-0.2, -0.15) is 0 Å². The Morgan fingerprint density at radius 2 is 1.40 bits per heavy atom. The van der Waals surface area contributed by atoms with E-state index in [4.69, 9.17) is 36.0 Å². The summed E-state index contributed by atoms with van der Waals surface area (Å²) in [5.41, 5.74) is 4.49. The lowest BCUT2D eigenvalue weighted by Gasteiger charge is -2.12. The molecule has 3 aromatic carbocycles. The number of rotatable bonds is 4. The van der Waals surface area contributed by atoms with Crippen LogP contribution < -0.4 is 9.47 Å². The van der Waals surface area contributed by atoms with E-state index in [0.29, 0.717) is 33.6 Å². The third kappa shape index (κ3) is 3.11. The molecule has 0 atom stereocenters. The molecule has 5 rings (SSSR count). The lowest BCUT2D eigenvalue weighted by atomic mass is 10.2. The van der Waals surface area contributed by atoms with Crippen molar-refractivity contribution in [3.05, 3.63) is 71.8 Å². The molecule has 5 aromatic rings. The molecule has 7 heteroatoms. The smallest absolute Gasteiger partial charge is 0.199 e. The number of nitrogens with zero attached hydrogens (tertiary/aromatic N) is 4. The summed E-state index contributed by atoms with van der Waals surface area (Å²) < 4.78 is 12.9. The van der Waals surface area contributed by atoms with Gasteiger partial charge in [0.05, 0.1) is 30.9 Å². The Morgan fingerprint density at radius 1 is 0.767 bits per heavy atom. The number of benzene rings is 3. The molecule has 0 radical (unpaired) electrons. The first-order chi connectivity index (χ1) is 14.7. The normalized spacial score (nSPS) is 11.2. The highest BCUT2D eigenvalue weighted by molar-refractivity contribution is 6.30. The van der Waals surface area contributed by atoms with Crippen LogP contribution in [0.2, 0.25) is 5.02 Å². The molecule has 0 aliphatic rings. The van der Waals surface area contributed by atoms with Gasteiger partial charge in [0.2, 0.25) is 0 Å². The van der Waals surface area contributed by atoms with Gasteiger partial charge in [-0.25, -0.2) is 15.0 Å². The van der Waals surface area contributed by atoms with E-state index in [1.807, 2.05) is 71.3 Å². The van der Waals surface area contributed by atoms with E-state index >= 15 is 0 Å². The molecule has 148 valence electrons. The van der Waals surface area contributed by atoms with Gasteiger partial charge in [0.15, 0.2) is 11.3 Å². The minimum Gasteiger partial charge on any atom is -0.497 e. The van der Waals surface area contributed by atoms with Gasteiger partial charge in [0.25, 0.3) is 0 Å². The minimum atomic E-state index is 0.556. The highest BCUT2D eigenvalue weighted by atomic mass is 35.5. The van der Waals surface area contributed by atoms with Crippen molar-refractivity contribution in [3.8, 4) is 28.6 Å². The molecule has 0 spiro atoms. The number of methoxy groups -OCH3 is 2. The molecule has 0 saturated heterocycles. The first kappa shape index (κ1) is 18.4. The third-order valence-corrected chi connectivity index (χ3v) is 5.12. The average Bonchev–Trinajstić information content (AvgIpc) is 3.15. The number of hydrogen-bond acceptors (Lipinski definition) is 5. The Morgan fingerprint density at radius 3 is 2.03 bits per heavy atom. The summed E-state index contributed by atoms with van der Waals surface area (Å²) in [6.07, 6.45) is 0. The van der Waals surface area contributed by atoms with Crippen molar-refractivity contribution in [3.63, 3.8) is 0 Å². The zero-order valence-corrected chi connectivity index (χ0v) is 17.1. The maximum absolute atomic E-state index is 6.10. The second-order valence-electron chi connectivity index (χ2n) is 6.71. The van der Waals surface area contributed by atoms with Crippen LogP contribution in [0.15, 0.2) is 66.7 Å². The van der Waals surface area contributed by atoms with Crippen LogP contribution in [-0.4, -0.2) is 33.7 Å². The lowest BCUT2D eigenvalue weighted by molar-refractivity contribution is 0.394. The zero-order valence-electron chi connectivity index (χ0n) is 16.3. The molecular weight excluding hydrogens is 400 g/mol. The number of imidazole rings is 1. The second-order valence-corrected chi connectivity index (χ2v) is 7.14. The molecule has 0 saturated carbocycles. The first-order valence-corrected chi connectivity index (χ1v) is 9.68. The van der Waals surface area contributed by atoms with Gasteiger partial charge < -0.3 is 9.47 Å². The van der Waals surface area contributed by atoms with Crippen molar-refractivity contribution in [2.24, 2.45) is 0 Å². The van der Waals surface area contributed by atoms with Gasteiger partial charge in [0.1, 0.15) is 17.3 Å². The number of aromatic nitrogens is 4. The van der Waals surface area contributed by atoms with Crippen molar-refractivity contribution in [1.82, 2.24) is 19.5 Å². The van der Waals surface area contributed by atoms with Crippen LogP contribution in [-0.2, 0) is 0 Å². The maximum Gasteiger partial charge on any atom is 0.199 e. The highest BCUT2D eigenvalue weighted by Gasteiger charge is 2.19. The van der Waals surface area contributed by atoms with E-state index in [0.717, 1.165) is 22.3 Å². The van der Waals surface area contributed by atoms with Crippen LogP contribution >= 0.6 is 11.6 Å². The predicted octanol–water partition coefficient (Wildman–Crippen LogP) is 5.31. The monoisotopic (exact) mass is 416 g/mol. The molecule has 0 fully saturated rings. The van der Waals surface area contributed by atoms with Crippen LogP contribution in [0.1, 0.15) is 0 Å². The summed E-state index contributed by atoms with van der Waals surface area (Å²) in [7, 11) is 3.25. The van der Waals surface area contributed by atoms with Crippen molar-refractivity contribution < 1.29 is 9.47 Å². The van der Waals surface area contributed by atoms with Crippen LogP contribution in [0.4, 0.5) is 0 Å². The summed E-state index contributed by atoms with van der Waals surface area (Å²) >= 11 is 6.10. The van der Waals surface area contributed by atoms with E-state index in [-0.39, 0.29) is 0 Å². The lowest BCUT2D eigenvalue weighted by Crippen LogP contribution is -2.01. The summed E-state index contributed by atoms with van der Waals surface area (Å²) in [6, 6.07) is 20.9. The average molecular weight is 417 g/mol. The van der Waals surface area contributed by atoms with E-state index < -0.39 is 0 Å². The van der Waals surface area contributed by atoms with Gasteiger partial charge in [-0.15, -0.1) is 0 Å². The molecule has 2 aromatic heterocycles. The SMILES string of the molecule is COc1cc(OC)cc(-n2c(-c3ccc(Cl)cc3)nc3nc4ccccc4nc32)c1. The molecule has 2 heterocycles. The minimum absolute atomic E-state index is 0.556. The van der Waals surface area contributed by atoms with Crippen molar-refractivity contribution in [1.29, 1.82) is 0 Å². The van der Waals surface area contributed by atoms with Crippen molar-refractivity contribution in [2.45, 2.75) is 0 Å². The molecule has 30 heavy (non-hydrogen) atoms. The fourth-order valence-corrected chi connectivity index (χ4v) is 3.54. The van der Waals surface area contributed by atoms with Crippen molar-refractivity contribution >= 4 is 33.9 Å². The maximum atomic E-state index is 6.10. The molecular formula is C23H17ClN4O2. The van der Waals surface area contributed by atoms with Gasteiger partial charge >= 0.3 is 0 Å². The molecule has 6 nitrogen and oxygen atoms in total. The van der Waals surface area contributed by atoms with E-state index in [1.54, 1.807) is 14.2 Å². The molecule has 0 amide bonds. The summed E-state index contributed by atoms with van der Waals surface area (Å²) in [5.74, 6) is 2.04. The Bertz CT molecular complexity index is 1360. The predicted molar refractivity (Wildman–Crippen MR) is 118 cm³/mol. The number of hydrogen-bond donors (Lipinski definition) is 0. The molecule has 0 unspecified atom stereocenters. The highest BCUT2D eigenvalue weighted by Crippen LogP contribution is 2.32. The Balaban J connectivity index is 1.87. The Labute approximate surface area is 177 Å². The van der Waals surface area contributed by atoms with Crippen LogP contribution in [0, 0.1) is 0 Å². The quantitative estimate of drug-likeness (QED) is 0.397. The molecule has 0 aliphatic heterocycles. The Kier molecular flexibility index (Phi) is 4.48. The summed E-state index contributed by atoms with van der Waals surface area (Å²) in [4.78, 5) is 14.4. The second kappa shape index (κ2) is 7.31. The van der Waals surface area contributed by atoms with E-state index in [9.17, 15) is 0 Å². The number of ether oxygens (including phenoxy) is 2. The number of halogens is 1. The number of para-hydroxylation sites is 2. The van der Waals surface area contributed by atoms with Crippen LogP contribution in [0.25, 0.3) is 39.4 Å². The third-order valence-electron chi connectivity index (χ3n) is 4.87. The van der Waals surface area contributed by atoms with Crippen molar-refractivity contribution in [2.75, 3.05) is 14.2 Å². The largest absolute Gasteiger partial charge is 0.497 e. The zero-order chi connectivity index (χ0) is 20.7.